The number of ether oxygens (including phenoxy) is 4. The Kier molecular flexibility index (Phi) is 5.26. The number of aromatic nitrogens is 1. The van der Waals surface area contributed by atoms with Gasteiger partial charge >= 0.3 is 0 Å². The van der Waals surface area contributed by atoms with E-state index in [9.17, 15) is 0 Å². The third-order valence-corrected chi connectivity index (χ3v) is 5.51. The lowest BCUT2D eigenvalue weighted by Gasteiger charge is -2.11. The highest BCUT2D eigenvalue weighted by atomic mass is 32.1. The van der Waals surface area contributed by atoms with Crippen molar-refractivity contribution < 1.29 is 18.9 Å². The van der Waals surface area contributed by atoms with Crippen molar-refractivity contribution in [3.8, 4) is 34.3 Å². The average molecular weight is 411 g/mol. The van der Waals surface area contributed by atoms with Crippen LogP contribution in [-0.4, -0.2) is 38.4 Å². The topological polar surface area (TPSA) is 66.6 Å². The Labute approximate surface area is 172 Å². The van der Waals surface area contributed by atoms with Crippen molar-refractivity contribution in [3.63, 3.8) is 0 Å². The molecule has 150 valence electrons. The predicted molar refractivity (Wildman–Crippen MR) is 113 cm³/mol. The summed E-state index contributed by atoms with van der Waals surface area (Å²) in [5.41, 5.74) is 3.56. The van der Waals surface area contributed by atoms with E-state index in [2.05, 4.69) is 4.99 Å². The number of methoxy groups -OCH3 is 2. The molecule has 1 aromatic heterocycles. The molecule has 0 unspecified atom stereocenters. The van der Waals surface area contributed by atoms with Crippen molar-refractivity contribution in [2.75, 3.05) is 28.1 Å². The molecule has 0 bridgehead atoms. The maximum Gasteiger partial charge on any atom is 0.231 e. The number of hydrogen-bond donors (Lipinski definition) is 0. The second-order valence-corrected chi connectivity index (χ2v) is 7.10. The zero-order valence-corrected chi connectivity index (χ0v) is 17.4. The molecule has 2 heterocycles. The van der Waals surface area contributed by atoms with Crippen molar-refractivity contribution in [2.45, 2.75) is 6.92 Å². The van der Waals surface area contributed by atoms with Gasteiger partial charge in [-0.2, -0.15) is 5.10 Å². The maximum absolute atomic E-state index is 5.58. The predicted octanol–water partition coefficient (Wildman–Crippen LogP) is 3.77. The van der Waals surface area contributed by atoms with Gasteiger partial charge in [-0.3, -0.25) is 4.99 Å². The molecule has 1 aliphatic heterocycles. The third kappa shape index (κ3) is 3.58. The first kappa shape index (κ1) is 19.1. The average Bonchev–Trinajstić information content (AvgIpc) is 3.39. The summed E-state index contributed by atoms with van der Waals surface area (Å²) in [5.74, 6) is 2.91. The van der Waals surface area contributed by atoms with Crippen molar-refractivity contribution in [2.24, 2.45) is 10.1 Å². The molecule has 4 rings (SSSR count). The standard InChI is InChI=1S/C21H21N3O4S/c1-13(14-5-8-18-20(9-14)28-12-27-18)23-24-17(11-29-21(24)22-2)16-7-6-15(25-3)10-19(16)26-4/h5-11H,12H2,1-4H3. The Bertz CT molecular complexity index is 1150. The first-order valence-electron chi connectivity index (χ1n) is 8.96. The molecule has 0 saturated heterocycles. The summed E-state index contributed by atoms with van der Waals surface area (Å²) in [5, 5.41) is 6.86. The lowest BCUT2D eigenvalue weighted by atomic mass is 10.1. The van der Waals surface area contributed by atoms with Gasteiger partial charge in [0.25, 0.3) is 0 Å². The fourth-order valence-corrected chi connectivity index (χ4v) is 3.86. The number of nitrogens with zero attached hydrogens (tertiary/aromatic N) is 3. The Hall–Kier alpha value is -3.26. The van der Waals surface area contributed by atoms with Crippen molar-refractivity contribution in [1.29, 1.82) is 0 Å². The van der Waals surface area contributed by atoms with E-state index in [1.807, 2.05) is 53.4 Å². The highest BCUT2D eigenvalue weighted by Gasteiger charge is 2.16. The van der Waals surface area contributed by atoms with Crippen LogP contribution in [-0.2, 0) is 0 Å². The molecule has 0 radical (unpaired) electrons. The molecule has 7 nitrogen and oxygen atoms in total. The molecule has 0 amide bonds. The minimum Gasteiger partial charge on any atom is -0.497 e. The van der Waals surface area contributed by atoms with Crippen LogP contribution in [0, 0.1) is 0 Å². The molecule has 0 saturated carbocycles. The summed E-state index contributed by atoms with van der Waals surface area (Å²) >= 11 is 1.52. The largest absolute Gasteiger partial charge is 0.497 e. The fourth-order valence-electron chi connectivity index (χ4n) is 3.07. The summed E-state index contributed by atoms with van der Waals surface area (Å²) in [7, 11) is 5.02. The molecule has 0 atom stereocenters. The molecular formula is C21H21N3O4S. The van der Waals surface area contributed by atoms with E-state index >= 15 is 0 Å². The summed E-state index contributed by atoms with van der Waals surface area (Å²) < 4.78 is 23.6. The van der Waals surface area contributed by atoms with Gasteiger partial charge in [0.1, 0.15) is 11.5 Å². The van der Waals surface area contributed by atoms with Crippen LogP contribution >= 0.6 is 11.3 Å². The maximum atomic E-state index is 5.58. The van der Waals surface area contributed by atoms with Gasteiger partial charge < -0.3 is 18.9 Å². The first-order valence-corrected chi connectivity index (χ1v) is 9.84. The van der Waals surface area contributed by atoms with Crippen LogP contribution in [0.2, 0.25) is 0 Å². The number of fused-ring (bicyclic) bond motifs is 1. The first-order chi connectivity index (χ1) is 14.1. The zero-order valence-electron chi connectivity index (χ0n) is 16.6. The van der Waals surface area contributed by atoms with Gasteiger partial charge in [0.05, 0.1) is 25.6 Å². The van der Waals surface area contributed by atoms with Crippen LogP contribution < -0.4 is 23.7 Å². The van der Waals surface area contributed by atoms with Gasteiger partial charge in [0.15, 0.2) is 11.5 Å². The van der Waals surface area contributed by atoms with E-state index in [0.717, 1.165) is 44.6 Å². The van der Waals surface area contributed by atoms with Crippen LogP contribution in [0.25, 0.3) is 11.3 Å². The van der Waals surface area contributed by atoms with Gasteiger partial charge in [-0.1, -0.05) is 0 Å². The zero-order chi connectivity index (χ0) is 20.4. The number of thiazole rings is 1. The van der Waals surface area contributed by atoms with Crippen LogP contribution in [0.3, 0.4) is 0 Å². The lowest BCUT2D eigenvalue weighted by Crippen LogP contribution is -2.14. The molecule has 8 heteroatoms. The summed E-state index contributed by atoms with van der Waals surface area (Å²) in [6.45, 7) is 2.20. The highest BCUT2D eigenvalue weighted by Crippen LogP contribution is 2.34. The molecular weight excluding hydrogens is 390 g/mol. The molecule has 0 fully saturated rings. The van der Waals surface area contributed by atoms with Crippen molar-refractivity contribution >= 4 is 17.0 Å². The second kappa shape index (κ2) is 8.00. The van der Waals surface area contributed by atoms with E-state index in [1.165, 1.54) is 11.3 Å². The third-order valence-electron chi connectivity index (χ3n) is 4.60. The van der Waals surface area contributed by atoms with E-state index in [1.54, 1.807) is 21.3 Å². The normalized spacial score (nSPS) is 13.7. The van der Waals surface area contributed by atoms with E-state index in [4.69, 9.17) is 24.0 Å². The molecule has 3 aromatic rings. The summed E-state index contributed by atoms with van der Waals surface area (Å²) in [6.07, 6.45) is 0. The Morgan fingerprint density at radius 1 is 1.07 bits per heavy atom. The Balaban J connectivity index is 1.81. The summed E-state index contributed by atoms with van der Waals surface area (Å²) in [4.78, 5) is 5.15. The fraction of sp³-hybridized carbons (Fsp3) is 0.238. The molecule has 29 heavy (non-hydrogen) atoms. The smallest absolute Gasteiger partial charge is 0.231 e. The lowest BCUT2D eigenvalue weighted by molar-refractivity contribution is 0.174. The monoisotopic (exact) mass is 411 g/mol. The minimum absolute atomic E-state index is 0.245. The Morgan fingerprint density at radius 3 is 2.66 bits per heavy atom. The molecule has 0 N–H and O–H groups in total. The van der Waals surface area contributed by atoms with E-state index < -0.39 is 0 Å². The highest BCUT2D eigenvalue weighted by molar-refractivity contribution is 7.07. The van der Waals surface area contributed by atoms with Crippen molar-refractivity contribution in [3.05, 3.63) is 52.1 Å². The summed E-state index contributed by atoms with van der Waals surface area (Å²) in [6, 6.07) is 11.5. The van der Waals surface area contributed by atoms with E-state index in [0.29, 0.717) is 5.75 Å². The molecule has 1 aliphatic rings. The van der Waals surface area contributed by atoms with Gasteiger partial charge in [-0.25, -0.2) is 4.68 Å². The van der Waals surface area contributed by atoms with Gasteiger partial charge in [0, 0.05) is 29.6 Å². The molecule has 0 spiro atoms. The SMILES string of the molecule is CN=c1scc(-c2ccc(OC)cc2OC)n1N=C(C)c1ccc2c(c1)OCO2. The van der Waals surface area contributed by atoms with Crippen LogP contribution in [0.5, 0.6) is 23.0 Å². The minimum atomic E-state index is 0.245. The number of hydrogen-bond acceptors (Lipinski definition) is 7. The van der Waals surface area contributed by atoms with Gasteiger partial charge in [0.2, 0.25) is 11.6 Å². The number of benzene rings is 2. The quantitative estimate of drug-likeness (QED) is 0.600. The van der Waals surface area contributed by atoms with E-state index in [-0.39, 0.29) is 6.79 Å². The molecule has 2 aromatic carbocycles. The number of rotatable bonds is 5. The van der Waals surface area contributed by atoms with Crippen LogP contribution in [0.1, 0.15) is 12.5 Å². The van der Waals surface area contributed by atoms with Crippen LogP contribution in [0.15, 0.2) is 51.9 Å². The van der Waals surface area contributed by atoms with Crippen LogP contribution in [0.4, 0.5) is 0 Å². The second-order valence-electron chi connectivity index (χ2n) is 6.26. The Morgan fingerprint density at radius 2 is 1.90 bits per heavy atom. The van der Waals surface area contributed by atoms with Gasteiger partial charge in [-0.15, -0.1) is 11.3 Å². The van der Waals surface area contributed by atoms with Gasteiger partial charge in [-0.05, 0) is 37.3 Å². The molecule has 0 aliphatic carbocycles. The van der Waals surface area contributed by atoms with Crippen molar-refractivity contribution in [1.82, 2.24) is 4.68 Å².